The Hall–Kier alpha value is -2.70. The number of fused-ring (bicyclic) bond motifs is 1. The lowest BCUT2D eigenvalue weighted by molar-refractivity contribution is 0.0502. The maximum Gasteiger partial charge on any atom is 0.349 e. The molecule has 0 N–H and O–H groups in total. The third-order valence-corrected chi connectivity index (χ3v) is 5.37. The standard InChI is InChI=1S/C22H19ClFNO4/c23-18-7-3-8-19(24)17(18)13-25(12-15-6-4-10-28-15)21(26)16-11-14-5-1-2-9-20(14)29-22(16)27/h1-3,5,7-9,11,15H,4,6,10,12-13H2/t15-/m1/s1. The number of carbonyl (C=O) groups excluding carboxylic acids is 1. The molecule has 0 saturated carbocycles. The fourth-order valence-electron chi connectivity index (χ4n) is 3.51. The summed E-state index contributed by atoms with van der Waals surface area (Å²) in [5.74, 6) is -1.05. The summed E-state index contributed by atoms with van der Waals surface area (Å²) in [6, 6.07) is 12.8. The highest BCUT2D eigenvalue weighted by Gasteiger charge is 2.27. The summed E-state index contributed by atoms with van der Waals surface area (Å²) in [6.07, 6.45) is 1.52. The van der Waals surface area contributed by atoms with Gasteiger partial charge in [0.15, 0.2) is 0 Å². The normalized spacial score (nSPS) is 16.3. The van der Waals surface area contributed by atoms with E-state index in [0.29, 0.717) is 17.6 Å². The summed E-state index contributed by atoms with van der Waals surface area (Å²) < 4.78 is 25.3. The van der Waals surface area contributed by atoms with Crippen LogP contribution in [0.4, 0.5) is 4.39 Å². The van der Waals surface area contributed by atoms with E-state index in [4.69, 9.17) is 20.8 Å². The van der Waals surface area contributed by atoms with Crippen LogP contribution in [0.25, 0.3) is 11.0 Å². The highest BCUT2D eigenvalue weighted by Crippen LogP contribution is 2.24. The topological polar surface area (TPSA) is 59.8 Å². The van der Waals surface area contributed by atoms with Crippen LogP contribution in [0.2, 0.25) is 5.02 Å². The van der Waals surface area contributed by atoms with Crippen molar-refractivity contribution < 1.29 is 18.3 Å². The minimum absolute atomic E-state index is 0.0729. The summed E-state index contributed by atoms with van der Waals surface area (Å²) >= 11 is 6.16. The molecule has 0 unspecified atom stereocenters. The lowest BCUT2D eigenvalue weighted by Crippen LogP contribution is -2.39. The average molecular weight is 416 g/mol. The summed E-state index contributed by atoms with van der Waals surface area (Å²) in [4.78, 5) is 27.1. The van der Waals surface area contributed by atoms with Gasteiger partial charge < -0.3 is 14.1 Å². The Morgan fingerprint density at radius 2 is 2.03 bits per heavy atom. The number of ether oxygens (including phenoxy) is 1. The zero-order valence-corrected chi connectivity index (χ0v) is 16.3. The van der Waals surface area contributed by atoms with E-state index < -0.39 is 17.3 Å². The third-order valence-electron chi connectivity index (χ3n) is 5.02. The van der Waals surface area contributed by atoms with Crippen LogP contribution in [0, 0.1) is 5.82 Å². The van der Waals surface area contributed by atoms with E-state index in [0.717, 1.165) is 12.8 Å². The maximum atomic E-state index is 14.3. The molecule has 0 bridgehead atoms. The molecule has 1 aliphatic heterocycles. The predicted molar refractivity (Wildman–Crippen MR) is 108 cm³/mol. The molecule has 7 heteroatoms. The van der Waals surface area contributed by atoms with E-state index in [1.807, 2.05) is 0 Å². The van der Waals surface area contributed by atoms with Crippen LogP contribution in [0.1, 0.15) is 28.8 Å². The average Bonchev–Trinajstić information content (AvgIpc) is 3.22. The molecular weight excluding hydrogens is 397 g/mol. The number of hydrogen-bond donors (Lipinski definition) is 0. The van der Waals surface area contributed by atoms with Crippen LogP contribution >= 0.6 is 11.6 Å². The van der Waals surface area contributed by atoms with Crippen molar-refractivity contribution >= 4 is 28.5 Å². The van der Waals surface area contributed by atoms with Crippen LogP contribution in [0.3, 0.4) is 0 Å². The van der Waals surface area contributed by atoms with Gasteiger partial charge in [-0.3, -0.25) is 4.79 Å². The molecule has 0 radical (unpaired) electrons. The monoisotopic (exact) mass is 415 g/mol. The largest absolute Gasteiger partial charge is 0.422 e. The van der Waals surface area contributed by atoms with Crippen molar-refractivity contribution in [1.29, 1.82) is 0 Å². The number of carbonyl (C=O) groups is 1. The predicted octanol–water partition coefficient (Wildman–Crippen LogP) is 4.41. The van der Waals surface area contributed by atoms with E-state index in [1.54, 1.807) is 30.3 Å². The molecule has 2 aromatic carbocycles. The first-order chi connectivity index (χ1) is 14.0. The Morgan fingerprint density at radius 3 is 2.79 bits per heavy atom. The molecule has 1 saturated heterocycles. The molecule has 4 rings (SSSR count). The van der Waals surface area contributed by atoms with Crippen LogP contribution in [0.15, 0.2) is 57.7 Å². The fourth-order valence-corrected chi connectivity index (χ4v) is 3.73. The van der Waals surface area contributed by atoms with Gasteiger partial charge in [0.1, 0.15) is 17.0 Å². The van der Waals surface area contributed by atoms with Crippen LogP contribution in [-0.4, -0.2) is 30.1 Å². The van der Waals surface area contributed by atoms with E-state index in [2.05, 4.69) is 0 Å². The third kappa shape index (κ3) is 4.18. The minimum atomic E-state index is -0.731. The molecular formula is C22H19ClFNO4. The smallest absolute Gasteiger partial charge is 0.349 e. The maximum absolute atomic E-state index is 14.3. The van der Waals surface area contributed by atoms with Crippen LogP contribution in [-0.2, 0) is 11.3 Å². The molecule has 5 nitrogen and oxygen atoms in total. The van der Waals surface area contributed by atoms with Gasteiger partial charge in [-0.05, 0) is 37.1 Å². The molecule has 1 aromatic heterocycles. The highest BCUT2D eigenvalue weighted by atomic mass is 35.5. The Balaban J connectivity index is 1.71. The zero-order valence-electron chi connectivity index (χ0n) is 15.6. The molecule has 150 valence electrons. The lowest BCUT2D eigenvalue weighted by Gasteiger charge is -2.26. The number of halogens is 2. The van der Waals surface area contributed by atoms with E-state index in [-0.39, 0.29) is 35.3 Å². The molecule has 3 aromatic rings. The SMILES string of the molecule is O=C(c1cc2ccccc2oc1=O)N(Cc1c(F)cccc1Cl)C[C@H]1CCCO1. The minimum Gasteiger partial charge on any atom is -0.422 e. The van der Waals surface area contributed by atoms with Crippen molar-refractivity contribution in [2.75, 3.05) is 13.2 Å². The van der Waals surface area contributed by atoms with Crippen LogP contribution in [0.5, 0.6) is 0 Å². The first kappa shape index (κ1) is 19.6. The van der Waals surface area contributed by atoms with E-state index in [1.165, 1.54) is 23.1 Å². The Bertz CT molecular complexity index is 1090. The Labute approximate surface area is 171 Å². The second-order valence-electron chi connectivity index (χ2n) is 7.01. The van der Waals surface area contributed by atoms with Crippen molar-refractivity contribution in [3.63, 3.8) is 0 Å². The number of hydrogen-bond acceptors (Lipinski definition) is 4. The van der Waals surface area contributed by atoms with Crippen molar-refractivity contribution in [2.45, 2.75) is 25.5 Å². The molecule has 0 spiro atoms. The van der Waals surface area contributed by atoms with Crippen molar-refractivity contribution in [3.8, 4) is 0 Å². The second-order valence-corrected chi connectivity index (χ2v) is 7.41. The number of benzene rings is 2. The van der Waals surface area contributed by atoms with Gasteiger partial charge >= 0.3 is 5.63 Å². The molecule has 1 fully saturated rings. The number of rotatable bonds is 5. The van der Waals surface area contributed by atoms with Gasteiger partial charge in [-0.25, -0.2) is 9.18 Å². The molecule has 0 aliphatic carbocycles. The lowest BCUT2D eigenvalue weighted by atomic mass is 10.1. The van der Waals surface area contributed by atoms with Gasteiger partial charge in [-0.2, -0.15) is 0 Å². The molecule has 1 atom stereocenters. The van der Waals surface area contributed by atoms with Gasteiger partial charge in [0, 0.05) is 29.1 Å². The fraction of sp³-hybridized carbons (Fsp3) is 0.273. The highest BCUT2D eigenvalue weighted by molar-refractivity contribution is 6.31. The van der Waals surface area contributed by atoms with Gasteiger partial charge in [0.2, 0.25) is 0 Å². The summed E-state index contributed by atoms with van der Waals surface area (Å²) in [5.41, 5.74) is -0.234. The van der Waals surface area contributed by atoms with Crippen molar-refractivity contribution in [1.82, 2.24) is 4.90 Å². The quantitative estimate of drug-likeness (QED) is 0.579. The number of amides is 1. The van der Waals surface area contributed by atoms with E-state index in [9.17, 15) is 14.0 Å². The summed E-state index contributed by atoms with van der Waals surface area (Å²) in [6.45, 7) is 0.775. The Kier molecular flexibility index (Phi) is 5.65. The zero-order chi connectivity index (χ0) is 20.4. The molecule has 1 amide bonds. The number of para-hydroxylation sites is 1. The summed E-state index contributed by atoms with van der Waals surface area (Å²) in [5, 5.41) is 0.858. The molecule has 2 heterocycles. The molecule has 1 aliphatic rings. The first-order valence-electron chi connectivity index (χ1n) is 9.39. The number of nitrogens with zero attached hydrogens (tertiary/aromatic N) is 1. The van der Waals surface area contributed by atoms with Crippen LogP contribution < -0.4 is 5.63 Å². The second kappa shape index (κ2) is 8.35. The van der Waals surface area contributed by atoms with Crippen molar-refractivity contribution in [2.24, 2.45) is 0 Å². The van der Waals surface area contributed by atoms with Gasteiger partial charge in [0.25, 0.3) is 5.91 Å². The van der Waals surface area contributed by atoms with E-state index >= 15 is 0 Å². The van der Waals surface area contributed by atoms with Gasteiger partial charge in [0.05, 0.1) is 12.6 Å². The first-order valence-corrected chi connectivity index (χ1v) is 9.77. The molecule has 29 heavy (non-hydrogen) atoms. The van der Waals surface area contributed by atoms with Gasteiger partial charge in [-0.15, -0.1) is 0 Å². The van der Waals surface area contributed by atoms with Crippen molar-refractivity contribution in [3.05, 3.63) is 80.9 Å². The van der Waals surface area contributed by atoms with Gasteiger partial charge in [-0.1, -0.05) is 35.9 Å². The summed E-state index contributed by atoms with van der Waals surface area (Å²) in [7, 11) is 0. The Morgan fingerprint density at radius 1 is 1.21 bits per heavy atom.